The first kappa shape index (κ1) is 102. The Hall–Kier alpha value is -1.94. The van der Waals surface area contributed by atoms with Crippen LogP contribution in [-0.2, 0) is 65.4 Å². The molecule has 0 aliphatic carbocycles. The second kappa shape index (κ2) is 76.4. The summed E-state index contributed by atoms with van der Waals surface area (Å²) in [7, 11) is -9.92. The normalized spacial score (nSPS) is 14.1. The summed E-state index contributed by atoms with van der Waals surface area (Å²) in [5.74, 6) is -0.435. The lowest BCUT2D eigenvalue weighted by Crippen LogP contribution is -2.30. The Labute approximate surface area is 638 Å². The van der Waals surface area contributed by atoms with Gasteiger partial charge in [0.25, 0.3) is 0 Å². The summed E-state index contributed by atoms with van der Waals surface area (Å²) in [6, 6.07) is 0. The lowest BCUT2D eigenvalue weighted by Gasteiger charge is -2.21. The van der Waals surface area contributed by atoms with Gasteiger partial charge in [0.1, 0.15) is 19.3 Å². The monoisotopic (exact) mass is 1520 g/mol. The predicted molar refractivity (Wildman–Crippen MR) is 428 cm³/mol. The Kier molecular flexibility index (Phi) is 75.0. The molecule has 3 unspecified atom stereocenters. The van der Waals surface area contributed by atoms with Crippen LogP contribution in [0.2, 0.25) is 0 Å². The number of hydrogen-bond acceptors (Lipinski definition) is 15. The fourth-order valence-corrected chi connectivity index (χ4v) is 14.8. The van der Waals surface area contributed by atoms with Crippen LogP contribution in [0.5, 0.6) is 0 Å². The number of aliphatic hydroxyl groups is 1. The van der Waals surface area contributed by atoms with E-state index in [0.29, 0.717) is 25.7 Å². The first-order valence-corrected chi connectivity index (χ1v) is 47.0. The van der Waals surface area contributed by atoms with Crippen molar-refractivity contribution in [2.24, 2.45) is 11.8 Å². The quantitative estimate of drug-likeness (QED) is 0.0222. The van der Waals surface area contributed by atoms with Gasteiger partial charge in [-0.15, -0.1) is 0 Å². The second-order valence-electron chi connectivity index (χ2n) is 31.3. The summed E-state index contributed by atoms with van der Waals surface area (Å²) in [5, 5.41) is 10.7. The van der Waals surface area contributed by atoms with E-state index in [1.165, 1.54) is 263 Å². The Morgan fingerprint density at radius 3 is 0.731 bits per heavy atom. The van der Waals surface area contributed by atoms with Crippen molar-refractivity contribution in [1.82, 2.24) is 0 Å². The van der Waals surface area contributed by atoms with Gasteiger partial charge < -0.3 is 33.8 Å². The Balaban J connectivity index is 5.19. The van der Waals surface area contributed by atoms with E-state index in [2.05, 4.69) is 41.5 Å². The molecule has 0 saturated carbocycles. The molecule has 0 aromatic rings. The molecule has 6 atom stereocenters. The lowest BCUT2D eigenvalue weighted by molar-refractivity contribution is -0.161. The summed E-state index contributed by atoms with van der Waals surface area (Å²) in [6.45, 7) is 9.73. The van der Waals surface area contributed by atoms with Crippen LogP contribution in [0.1, 0.15) is 452 Å². The smallest absolute Gasteiger partial charge is 0.462 e. The van der Waals surface area contributed by atoms with E-state index in [-0.39, 0.29) is 25.7 Å². The van der Waals surface area contributed by atoms with Crippen LogP contribution >= 0.6 is 15.6 Å². The molecule has 104 heavy (non-hydrogen) atoms. The third kappa shape index (κ3) is 76.8. The van der Waals surface area contributed by atoms with Gasteiger partial charge in [0.2, 0.25) is 0 Å². The van der Waals surface area contributed by atoms with Crippen molar-refractivity contribution < 1.29 is 80.2 Å². The number of ether oxygens (including phenoxy) is 4. The van der Waals surface area contributed by atoms with Crippen molar-refractivity contribution in [3.8, 4) is 0 Å². The number of unbranched alkanes of at least 4 members (excludes halogenated alkanes) is 53. The van der Waals surface area contributed by atoms with Crippen LogP contribution in [0.25, 0.3) is 0 Å². The Bertz CT molecular complexity index is 2000. The molecule has 0 spiro atoms. The van der Waals surface area contributed by atoms with Crippen molar-refractivity contribution >= 4 is 39.5 Å². The summed E-state index contributed by atoms with van der Waals surface area (Å²) < 4.78 is 68.8. The van der Waals surface area contributed by atoms with Crippen LogP contribution < -0.4 is 0 Å². The predicted octanol–water partition coefficient (Wildman–Crippen LogP) is 25.8. The number of carbonyl (C=O) groups is 4. The van der Waals surface area contributed by atoms with Crippen molar-refractivity contribution in [3.63, 3.8) is 0 Å². The highest BCUT2D eigenvalue weighted by Crippen LogP contribution is 2.45. The second-order valence-corrected chi connectivity index (χ2v) is 34.2. The number of phosphoric ester groups is 2. The van der Waals surface area contributed by atoms with Crippen LogP contribution in [0.15, 0.2) is 0 Å². The summed E-state index contributed by atoms with van der Waals surface area (Å²) in [6.07, 6.45) is 68.0. The zero-order chi connectivity index (χ0) is 76.4. The van der Waals surface area contributed by atoms with Crippen molar-refractivity contribution in [1.29, 1.82) is 0 Å². The minimum absolute atomic E-state index is 0.108. The topological polar surface area (TPSA) is 237 Å². The Morgan fingerprint density at radius 2 is 0.490 bits per heavy atom. The average Bonchev–Trinajstić information content (AvgIpc) is 0.910. The molecule has 618 valence electrons. The molecule has 0 saturated heterocycles. The number of aliphatic hydroxyl groups excluding tert-OH is 1. The van der Waals surface area contributed by atoms with E-state index in [4.69, 9.17) is 37.0 Å². The zero-order valence-corrected chi connectivity index (χ0v) is 70.1. The molecule has 0 aromatic heterocycles. The van der Waals surface area contributed by atoms with Crippen LogP contribution in [0.4, 0.5) is 0 Å². The first-order chi connectivity index (χ1) is 50.4. The molecule has 0 bridgehead atoms. The van der Waals surface area contributed by atoms with E-state index in [1.807, 2.05) is 0 Å². The molecule has 19 heteroatoms. The summed E-state index contributed by atoms with van der Waals surface area (Å²) in [5.41, 5.74) is 0. The third-order valence-electron chi connectivity index (χ3n) is 20.3. The molecular weight excluding hydrogens is 1350 g/mol. The number of phosphoric acid groups is 2. The molecule has 3 N–H and O–H groups in total. The fourth-order valence-electron chi connectivity index (χ4n) is 13.2. The minimum Gasteiger partial charge on any atom is -0.462 e. The van der Waals surface area contributed by atoms with Gasteiger partial charge in [0.05, 0.1) is 26.4 Å². The Morgan fingerprint density at radius 1 is 0.279 bits per heavy atom. The molecular formula is C85H166O17P2. The van der Waals surface area contributed by atoms with Gasteiger partial charge >= 0.3 is 39.5 Å². The van der Waals surface area contributed by atoms with Gasteiger partial charge in [0, 0.05) is 25.7 Å². The SMILES string of the molecule is CCCCCCCCCCCCCCCCCCCC(=O)O[C@H](COC(=O)CCCCCCCCCC)COP(=O)(O)OC[C@H](O)COP(=O)(O)OC[C@@H](COC(=O)CCCCCCCCCCCCCCCCC(C)CC)OC(=O)CCCCCCCCCCCCCCCCCCCCC(C)C. The molecule has 0 amide bonds. The highest BCUT2D eigenvalue weighted by atomic mass is 31.2. The maximum atomic E-state index is 13.1. The molecule has 0 aliphatic rings. The number of esters is 4. The highest BCUT2D eigenvalue weighted by Gasteiger charge is 2.30. The van der Waals surface area contributed by atoms with E-state index >= 15 is 0 Å². The van der Waals surface area contributed by atoms with E-state index in [1.54, 1.807) is 0 Å². The van der Waals surface area contributed by atoms with Gasteiger partial charge in [-0.1, -0.05) is 401 Å². The maximum absolute atomic E-state index is 13.1. The molecule has 0 rings (SSSR count). The minimum atomic E-state index is -4.96. The van der Waals surface area contributed by atoms with E-state index < -0.39 is 97.5 Å². The third-order valence-corrected chi connectivity index (χ3v) is 22.2. The highest BCUT2D eigenvalue weighted by molar-refractivity contribution is 7.47. The molecule has 0 heterocycles. The van der Waals surface area contributed by atoms with Gasteiger partial charge in [-0.25, -0.2) is 9.13 Å². The van der Waals surface area contributed by atoms with Crippen LogP contribution in [-0.4, -0.2) is 96.7 Å². The van der Waals surface area contributed by atoms with Crippen molar-refractivity contribution in [2.75, 3.05) is 39.6 Å². The molecule has 17 nitrogen and oxygen atoms in total. The lowest BCUT2D eigenvalue weighted by atomic mass is 9.99. The average molecular weight is 1520 g/mol. The van der Waals surface area contributed by atoms with Gasteiger partial charge in [-0.05, 0) is 37.5 Å². The molecule has 0 fully saturated rings. The fraction of sp³-hybridized carbons (Fsp3) is 0.953. The zero-order valence-electron chi connectivity index (χ0n) is 68.3. The van der Waals surface area contributed by atoms with Gasteiger partial charge in [0.15, 0.2) is 12.2 Å². The number of carbonyl (C=O) groups excluding carboxylic acids is 4. The van der Waals surface area contributed by atoms with Crippen LogP contribution in [0.3, 0.4) is 0 Å². The van der Waals surface area contributed by atoms with Crippen molar-refractivity contribution in [2.45, 2.75) is 471 Å². The van der Waals surface area contributed by atoms with Crippen molar-refractivity contribution in [3.05, 3.63) is 0 Å². The molecule has 0 radical (unpaired) electrons. The largest absolute Gasteiger partial charge is 0.472 e. The summed E-state index contributed by atoms with van der Waals surface area (Å²) >= 11 is 0. The van der Waals surface area contributed by atoms with Gasteiger partial charge in [-0.3, -0.25) is 37.3 Å². The maximum Gasteiger partial charge on any atom is 0.472 e. The number of hydrogen-bond donors (Lipinski definition) is 3. The van der Waals surface area contributed by atoms with Crippen LogP contribution in [0, 0.1) is 11.8 Å². The molecule has 0 aromatic carbocycles. The summed E-state index contributed by atoms with van der Waals surface area (Å²) in [4.78, 5) is 73.1. The van der Waals surface area contributed by atoms with E-state index in [0.717, 1.165) is 108 Å². The first-order valence-electron chi connectivity index (χ1n) is 44.0. The van der Waals surface area contributed by atoms with E-state index in [9.17, 15) is 43.2 Å². The molecule has 0 aliphatic heterocycles. The van der Waals surface area contributed by atoms with Gasteiger partial charge in [-0.2, -0.15) is 0 Å². The number of rotatable bonds is 84. The standard InChI is InChI=1S/C85H166O17P2/c1-7-10-12-14-16-18-19-20-21-24-28-35-40-45-51-57-63-69-84(89)101-80(73-95-82(87)67-61-55-49-17-15-13-11-8-2)75-99-103(91,92)97-71-79(86)72-98-104(93,94)100-76-81(74-96-83(88)68-62-56-50-44-39-34-31-30-33-38-43-48-54-60-66-78(6)9-3)102-85(90)70-64-58-52-46-41-36-29-26-23-22-25-27-32-37-42-47-53-59-65-77(4)5/h77-81,86H,7-76H2,1-6H3,(H,91,92)(H,93,94)/t78?,79-,80+,81+/m0/s1.